The molecule has 0 aliphatic heterocycles. The van der Waals surface area contributed by atoms with Gasteiger partial charge in [-0.05, 0) is 31.2 Å². The molecule has 0 fully saturated rings. The highest BCUT2D eigenvalue weighted by atomic mass is 79.9. The maximum Gasteiger partial charge on any atom is 0.124 e. The first-order valence-electron chi connectivity index (χ1n) is 5.54. The van der Waals surface area contributed by atoms with Gasteiger partial charge >= 0.3 is 0 Å². The Morgan fingerprint density at radius 2 is 2.00 bits per heavy atom. The predicted octanol–water partition coefficient (Wildman–Crippen LogP) is 6.70. The van der Waals surface area contributed by atoms with Gasteiger partial charge in [0, 0.05) is 15.6 Å². The summed E-state index contributed by atoms with van der Waals surface area (Å²) >= 11 is 20.7. The minimum atomic E-state index is -0.0530. The first kappa shape index (κ1) is 15.6. The van der Waals surface area contributed by atoms with Crippen LogP contribution in [0, 0.1) is 0 Å². The van der Waals surface area contributed by atoms with Crippen LogP contribution < -0.4 is 4.74 Å². The summed E-state index contributed by atoms with van der Waals surface area (Å²) in [5.74, 6) is 0.839. The fourth-order valence-corrected chi connectivity index (χ4v) is 4.61. The molecule has 19 heavy (non-hydrogen) atoms. The molecule has 0 bridgehead atoms. The molecule has 0 spiro atoms. The third-order valence-electron chi connectivity index (χ3n) is 2.50. The van der Waals surface area contributed by atoms with Crippen molar-refractivity contribution in [1.29, 1.82) is 0 Å². The van der Waals surface area contributed by atoms with E-state index in [1.54, 1.807) is 0 Å². The molecule has 0 radical (unpaired) electrons. The van der Waals surface area contributed by atoms with Crippen molar-refractivity contribution in [3.8, 4) is 5.75 Å². The molecule has 0 amide bonds. The van der Waals surface area contributed by atoms with Crippen molar-refractivity contribution in [2.24, 2.45) is 0 Å². The second-order valence-corrected chi connectivity index (χ2v) is 7.87. The zero-order valence-corrected chi connectivity index (χ0v) is 15.4. The molecule has 1 aromatic heterocycles. The predicted molar refractivity (Wildman–Crippen MR) is 90.4 cm³/mol. The lowest BCUT2D eigenvalue weighted by molar-refractivity contribution is 0.337. The van der Waals surface area contributed by atoms with Crippen LogP contribution in [0.2, 0.25) is 8.67 Å². The standard InChI is InChI=1S/C13H10Br2Cl2OS/c1-2-18-10-4-3-7(14)5-8(10)12(15)9-6-11(16)19-13(9)17/h3-6,12H,2H2,1H3. The molecule has 1 atom stereocenters. The molecule has 0 saturated heterocycles. The zero-order chi connectivity index (χ0) is 14.0. The van der Waals surface area contributed by atoms with Crippen LogP contribution in [0.15, 0.2) is 28.7 Å². The molecule has 102 valence electrons. The number of hydrogen-bond acceptors (Lipinski definition) is 2. The molecule has 1 aromatic carbocycles. The Balaban J connectivity index is 2.45. The lowest BCUT2D eigenvalue weighted by atomic mass is 10.1. The number of hydrogen-bond donors (Lipinski definition) is 0. The third-order valence-corrected chi connectivity index (χ3v) is 5.50. The molecule has 0 aliphatic rings. The number of halogens is 4. The number of benzene rings is 1. The molecule has 2 aromatic rings. The number of thiophene rings is 1. The van der Waals surface area contributed by atoms with Gasteiger partial charge < -0.3 is 4.74 Å². The van der Waals surface area contributed by atoms with E-state index in [1.165, 1.54) is 11.3 Å². The van der Waals surface area contributed by atoms with Gasteiger partial charge in [-0.2, -0.15) is 0 Å². The fourth-order valence-electron chi connectivity index (χ4n) is 1.70. The number of alkyl halides is 1. The van der Waals surface area contributed by atoms with Crippen molar-refractivity contribution < 1.29 is 4.74 Å². The van der Waals surface area contributed by atoms with Gasteiger partial charge in [-0.15, -0.1) is 11.3 Å². The van der Waals surface area contributed by atoms with Crippen LogP contribution in [0.5, 0.6) is 5.75 Å². The lowest BCUT2D eigenvalue weighted by Crippen LogP contribution is -1.99. The second-order valence-electron chi connectivity index (χ2n) is 3.76. The molecular weight excluding hydrogens is 435 g/mol. The van der Waals surface area contributed by atoms with Gasteiger partial charge in [-0.3, -0.25) is 0 Å². The highest BCUT2D eigenvalue weighted by Gasteiger charge is 2.20. The summed E-state index contributed by atoms with van der Waals surface area (Å²) in [6.07, 6.45) is 0. The monoisotopic (exact) mass is 442 g/mol. The largest absolute Gasteiger partial charge is 0.494 e. The van der Waals surface area contributed by atoms with E-state index in [0.717, 1.165) is 21.3 Å². The van der Waals surface area contributed by atoms with Crippen LogP contribution in [0.25, 0.3) is 0 Å². The maximum absolute atomic E-state index is 6.21. The summed E-state index contributed by atoms with van der Waals surface area (Å²) in [5.41, 5.74) is 1.98. The van der Waals surface area contributed by atoms with Crippen LogP contribution in [0.3, 0.4) is 0 Å². The molecule has 0 saturated carbocycles. The lowest BCUT2D eigenvalue weighted by Gasteiger charge is -2.15. The molecule has 1 nitrogen and oxygen atoms in total. The van der Waals surface area contributed by atoms with Crippen LogP contribution in [0.4, 0.5) is 0 Å². The topological polar surface area (TPSA) is 9.23 Å². The minimum absolute atomic E-state index is 0.0530. The van der Waals surface area contributed by atoms with Crippen LogP contribution in [-0.2, 0) is 0 Å². The average molecular weight is 445 g/mol. The van der Waals surface area contributed by atoms with Crippen LogP contribution in [0.1, 0.15) is 22.9 Å². The van der Waals surface area contributed by atoms with Crippen molar-refractivity contribution in [3.05, 3.63) is 48.5 Å². The highest BCUT2D eigenvalue weighted by molar-refractivity contribution is 9.10. The third kappa shape index (κ3) is 3.67. The summed E-state index contributed by atoms with van der Waals surface area (Å²) < 4.78 is 8.02. The SMILES string of the molecule is CCOc1ccc(Br)cc1C(Br)c1cc(Cl)sc1Cl. The molecule has 0 aliphatic carbocycles. The van der Waals surface area contributed by atoms with Gasteiger partial charge in [0.15, 0.2) is 0 Å². The number of ether oxygens (including phenoxy) is 1. The zero-order valence-electron chi connectivity index (χ0n) is 9.92. The number of rotatable bonds is 4. The fraction of sp³-hybridized carbons (Fsp3) is 0.231. The van der Waals surface area contributed by atoms with E-state index < -0.39 is 0 Å². The molecule has 6 heteroatoms. The van der Waals surface area contributed by atoms with E-state index in [-0.39, 0.29) is 4.83 Å². The first-order valence-corrected chi connectivity index (χ1v) is 8.82. The summed E-state index contributed by atoms with van der Waals surface area (Å²) in [7, 11) is 0. The summed E-state index contributed by atoms with van der Waals surface area (Å²) in [6, 6.07) is 7.80. The Bertz CT molecular complexity index is 586. The Hall–Kier alpha value is 0.260. The van der Waals surface area contributed by atoms with Gasteiger partial charge in [-0.1, -0.05) is 55.1 Å². The van der Waals surface area contributed by atoms with E-state index in [1.807, 2.05) is 31.2 Å². The highest BCUT2D eigenvalue weighted by Crippen LogP contribution is 2.44. The van der Waals surface area contributed by atoms with E-state index in [2.05, 4.69) is 31.9 Å². The van der Waals surface area contributed by atoms with E-state index >= 15 is 0 Å². The Kier molecular flexibility index (Phi) is 5.61. The van der Waals surface area contributed by atoms with Gasteiger partial charge in [-0.25, -0.2) is 0 Å². The van der Waals surface area contributed by atoms with Crippen molar-refractivity contribution in [2.75, 3.05) is 6.61 Å². The molecule has 1 heterocycles. The van der Waals surface area contributed by atoms with Crippen LogP contribution >= 0.6 is 66.4 Å². The minimum Gasteiger partial charge on any atom is -0.494 e. The summed E-state index contributed by atoms with van der Waals surface area (Å²) in [5, 5.41) is 0. The van der Waals surface area contributed by atoms with Crippen molar-refractivity contribution in [3.63, 3.8) is 0 Å². The summed E-state index contributed by atoms with van der Waals surface area (Å²) in [6.45, 7) is 2.58. The Morgan fingerprint density at radius 3 is 2.58 bits per heavy atom. The van der Waals surface area contributed by atoms with Gasteiger partial charge in [0.1, 0.15) is 5.75 Å². The summed E-state index contributed by atoms with van der Waals surface area (Å²) in [4.78, 5) is -0.0530. The molecule has 2 rings (SSSR count). The molecule has 1 unspecified atom stereocenters. The maximum atomic E-state index is 6.21. The van der Waals surface area contributed by atoms with Gasteiger partial charge in [0.25, 0.3) is 0 Å². The van der Waals surface area contributed by atoms with Gasteiger partial charge in [0.2, 0.25) is 0 Å². The van der Waals surface area contributed by atoms with Crippen molar-refractivity contribution >= 4 is 66.4 Å². The quantitative estimate of drug-likeness (QED) is 0.476. The average Bonchev–Trinajstić information content (AvgIpc) is 2.70. The van der Waals surface area contributed by atoms with E-state index in [9.17, 15) is 0 Å². The van der Waals surface area contributed by atoms with Crippen molar-refractivity contribution in [2.45, 2.75) is 11.8 Å². The smallest absolute Gasteiger partial charge is 0.124 e. The van der Waals surface area contributed by atoms with Crippen molar-refractivity contribution in [1.82, 2.24) is 0 Å². The van der Waals surface area contributed by atoms with E-state index in [0.29, 0.717) is 15.3 Å². The van der Waals surface area contributed by atoms with Gasteiger partial charge in [0.05, 0.1) is 20.1 Å². The Morgan fingerprint density at radius 1 is 1.26 bits per heavy atom. The molecular formula is C13H10Br2Cl2OS. The Labute approximate surface area is 143 Å². The van der Waals surface area contributed by atoms with E-state index in [4.69, 9.17) is 27.9 Å². The van der Waals surface area contributed by atoms with Crippen LogP contribution in [-0.4, -0.2) is 6.61 Å². The normalized spacial score (nSPS) is 12.5. The second kappa shape index (κ2) is 6.81. The molecule has 0 N–H and O–H groups in total. The first-order chi connectivity index (χ1) is 9.02.